The van der Waals surface area contributed by atoms with Crippen LogP contribution in [0.15, 0.2) is 18.2 Å². The molecule has 0 bridgehead atoms. The largest absolute Gasteiger partial charge is 0.323 e. The van der Waals surface area contributed by atoms with E-state index in [4.69, 9.17) is 23.2 Å². The number of halogens is 2. The molecule has 0 aliphatic heterocycles. The van der Waals surface area contributed by atoms with Gasteiger partial charge in [0.25, 0.3) is 0 Å². The Kier molecular flexibility index (Phi) is 5.70. The van der Waals surface area contributed by atoms with Crippen LogP contribution in [-0.2, 0) is 11.3 Å². The first-order valence-electron chi connectivity index (χ1n) is 8.75. The fourth-order valence-corrected chi connectivity index (χ4v) is 3.97. The van der Waals surface area contributed by atoms with Gasteiger partial charge >= 0.3 is 0 Å². The molecule has 25 heavy (non-hydrogen) atoms. The topological polar surface area (TPSA) is 46.9 Å². The van der Waals surface area contributed by atoms with Crippen molar-refractivity contribution in [3.05, 3.63) is 45.2 Å². The second-order valence-electron chi connectivity index (χ2n) is 6.73. The molecule has 6 heteroatoms. The van der Waals surface area contributed by atoms with Crippen molar-refractivity contribution in [2.75, 3.05) is 5.32 Å². The van der Waals surface area contributed by atoms with Crippen LogP contribution in [0.3, 0.4) is 0 Å². The van der Waals surface area contributed by atoms with Crippen LogP contribution in [0, 0.1) is 19.8 Å². The molecular formula is C19H23Cl2N3O. The molecule has 1 saturated carbocycles. The fourth-order valence-electron chi connectivity index (χ4n) is 3.45. The molecule has 0 spiro atoms. The van der Waals surface area contributed by atoms with E-state index in [1.165, 1.54) is 6.42 Å². The molecule has 0 radical (unpaired) electrons. The van der Waals surface area contributed by atoms with Crippen molar-refractivity contribution >= 4 is 34.8 Å². The van der Waals surface area contributed by atoms with Gasteiger partial charge in [0.15, 0.2) is 0 Å². The lowest BCUT2D eigenvalue weighted by atomic mass is 9.88. The Bertz CT molecular complexity index is 759. The summed E-state index contributed by atoms with van der Waals surface area (Å²) in [5, 5.41) is 8.90. The van der Waals surface area contributed by atoms with Crippen molar-refractivity contribution in [2.24, 2.45) is 5.92 Å². The molecule has 2 aromatic rings. The van der Waals surface area contributed by atoms with Gasteiger partial charge in [-0.25, -0.2) is 0 Å². The van der Waals surface area contributed by atoms with E-state index in [9.17, 15) is 4.79 Å². The first-order valence-corrected chi connectivity index (χ1v) is 9.50. The normalized spacial score (nSPS) is 15.4. The Morgan fingerprint density at radius 3 is 2.48 bits per heavy atom. The van der Waals surface area contributed by atoms with Crippen LogP contribution in [0.5, 0.6) is 0 Å². The lowest BCUT2D eigenvalue weighted by Crippen LogP contribution is -2.25. The van der Waals surface area contributed by atoms with Gasteiger partial charge in [-0.3, -0.25) is 9.48 Å². The third-order valence-electron chi connectivity index (χ3n) is 4.98. The van der Waals surface area contributed by atoms with E-state index in [0.717, 1.165) is 48.3 Å². The van der Waals surface area contributed by atoms with Gasteiger partial charge < -0.3 is 5.32 Å². The lowest BCUT2D eigenvalue weighted by Gasteiger charge is -2.20. The molecule has 1 heterocycles. The predicted molar refractivity (Wildman–Crippen MR) is 102 cm³/mol. The first-order chi connectivity index (χ1) is 12.0. The van der Waals surface area contributed by atoms with E-state index in [1.54, 1.807) is 0 Å². The number of hydrogen-bond acceptors (Lipinski definition) is 2. The number of nitrogens with one attached hydrogen (secondary N) is 1. The standard InChI is InChI=1S/C19H23Cl2N3O/c1-12-18(22-19(25)14-7-4-3-5-8-14)13(2)24(23-12)11-15-16(20)9-6-10-17(15)21/h6,9-10,14H,3-5,7-8,11H2,1-2H3,(H,22,25). The Balaban J connectivity index is 1.80. The van der Waals surface area contributed by atoms with Crippen LogP contribution in [0.4, 0.5) is 5.69 Å². The highest BCUT2D eigenvalue weighted by Crippen LogP contribution is 2.29. The monoisotopic (exact) mass is 379 g/mol. The number of carbonyl (C=O) groups excluding carboxylic acids is 1. The Morgan fingerprint density at radius 1 is 1.20 bits per heavy atom. The maximum atomic E-state index is 12.6. The minimum Gasteiger partial charge on any atom is -0.323 e. The summed E-state index contributed by atoms with van der Waals surface area (Å²) < 4.78 is 1.85. The number of aromatic nitrogens is 2. The SMILES string of the molecule is Cc1nn(Cc2c(Cl)cccc2Cl)c(C)c1NC(=O)C1CCCCC1. The number of amides is 1. The zero-order chi connectivity index (χ0) is 18.0. The molecule has 0 saturated heterocycles. The molecule has 1 amide bonds. The maximum absolute atomic E-state index is 12.6. The molecule has 1 aliphatic rings. The van der Waals surface area contributed by atoms with Gasteiger partial charge in [0.05, 0.1) is 23.6 Å². The van der Waals surface area contributed by atoms with Crippen molar-refractivity contribution < 1.29 is 4.79 Å². The predicted octanol–water partition coefficient (Wildman–Crippen LogP) is 5.37. The molecule has 1 aliphatic carbocycles. The number of rotatable bonds is 4. The minimum absolute atomic E-state index is 0.112. The van der Waals surface area contributed by atoms with E-state index in [2.05, 4.69) is 10.4 Å². The second kappa shape index (κ2) is 7.79. The molecule has 1 aromatic carbocycles. The summed E-state index contributed by atoms with van der Waals surface area (Å²) in [5.74, 6) is 0.232. The van der Waals surface area contributed by atoms with Crippen molar-refractivity contribution in [3.63, 3.8) is 0 Å². The highest BCUT2D eigenvalue weighted by Gasteiger charge is 2.23. The van der Waals surface area contributed by atoms with Crippen molar-refractivity contribution in [3.8, 4) is 0 Å². The smallest absolute Gasteiger partial charge is 0.227 e. The Labute approximate surface area is 158 Å². The molecule has 1 aromatic heterocycles. The molecule has 134 valence electrons. The minimum atomic E-state index is 0.112. The molecule has 1 N–H and O–H groups in total. The summed E-state index contributed by atoms with van der Waals surface area (Å²) in [5.41, 5.74) is 3.36. The average Bonchev–Trinajstić information content (AvgIpc) is 2.86. The number of aryl methyl sites for hydroxylation is 1. The highest BCUT2D eigenvalue weighted by molar-refractivity contribution is 6.35. The summed E-state index contributed by atoms with van der Waals surface area (Å²) >= 11 is 12.5. The molecule has 1 fully saturated rings. The van der Waals surface area contributed by atoms with E-state index in [1.807, 2.05) is 36.7 Å². The van der Waals surface area contributed by atoms with E-state index < -0.39 is 0 Å². The van der Waals surface area contributed by atoms with Gasteiger partial charge in [-0.1, -0.05) is 48.5 Å². The third kappa shape index (κ3) is 4.01. The second-order valence-corrected chi connectivity index (χ2v) is 7.54. The average molecular weight is 380 g/mol. The van der Waals surface area contributed by atoms with Crippen LogP contribution >= 0.6 is 23.2 Å². The van der Waals surface area contributed by atoms with Gasteiger partial charge in [-0.2, -0.15) is 5.10 Å². The van der Waals surface area contributed by atoms with Crippen LogP contribution in [-0.4, -0.2) is 15.7 Å². The van der Waals surface area contributed by atoms with Crippen LogP contribution < -0.4 is 5.32 Å². The molecular weight excluding hydrogens is 357 g/mol. The van der Waals surface area contributed by atoms with Crippen molar-refractivity contribution in [2.45, 2.75) is 52.5 Å². The summed E-state index contributed by atoms with van der Waals surface area (Å²) in [4.78, 5) is 12.6. The van der Waals surface area contributed by atoms with Gasteiger partial charge in [0.1, 0.15) is 0 Å². The number of anilines is 1. The summed E-state index contributed by atoms with van der Waals surface area (Å²) in [6.07, 6.45) is 5.47. The summed E-state index contributed by atoms with van der Waals surface area (Å²) in [6.45, 7) is 4.35. The quantitative estimate of drug-likeness (QED) is 0.775. The molecule has 0 atom stereocenters. The van der Waals surface area contributed by atoms with E-state index in [0.29, 0.717) is 16.6 Å². The fraction of sp³-hybridized carbons (Fsp3) is 0.474. The lowest BCUT2D eigenvalue weighted by molar-refractivity contribution is -0.120. The van der Waals surface area contributed by atoms with Gasteiger partial charge in [0.2, 0.25) is 5.91 Å². The molecule has 0 unspecified atom stereocenters. The van der Waals surface area contributed by atoms with Gasteiger partial charge in [-0.05, 0) is 38.8 Å². The summed E-state index contributed by atoms with van der Waals surface area (Å²) in [6, 6.07) is 5.46. The Hall–Kier alpha value is -1.52. The van der Waals surface area contributed by atoms with Gasteiger partial charge in [-0.15, -0.1) is 0 Å². The molecule has 4 nitrogen and oxygen atoms in total. The molecule has 3 rings (SSSR count). The number of benzene rings is 1. The zero-order valence-corrected chi connectivity index (χ0v) is 16.1. The van der Waals surface area contributed by atoms with Crippen LogP contribution in [0.25, 0.3) is 0 Å². The summed E-state index contributed by atoms with van der Waals surface area (Å²) in [7, 11) is 0. The Morgan fingerprint density at radius 2 is 1.84 bits per heavy atom. The zero-order valence-electron chi connectivity index (χ0n) is 14.6. The number of carbonyl (C=O) groups is 1. The number of nitrogens with zero attached hydrogens (tertiary/aromatic N) is 2. The van der Waals surface area contributed by atoms with Crippen LogP contribution in [0.1, 0.15) is 49.1 Å². The first kappa shape index (κ1) is 18.3. The van der Waals surface area contributed by atoms with E-state index >= 15 is 0 Å². The van der Waals surface area contributed by atoms with E-state index in [-0.39, 0.29) is 11.8 Å². The highest BCUT2D eigenvalue weighted by atomic mass is 35.5. The van der Waals surface area contributed by atoms with Gasteiger partial charge in [0, 0.05) is 21.5 Å². The maximum Gasteiger partial charge on any atom is 0.227 e. The number of hydrogen-bond donors (Lipinski definition) is 1. The van der Waals surface area contributed by atoms with Crippen molar-refractivity contribution in [1.82, 2.24) is 9.78 Å². The van der Waals surface area contributed by atoms with Crippen molar-refractivity contribution in [1.29, 1.82) is 0 Å². The third-order valence-corrected chi connectivity index (χ3v) is 5.68. The van der Waals surface area contributed by atoms with Crippen LogP contribution in [0.2, 0.25) is 10.0 Å².